The molecule has 2 N–H and O–H groups in total. The van der Waals surface area contributed by atoms with Crippen LogP contribution in [0.4, 0.5) is 14.6 Å². The number of hydrogen-bond acceptors (Lipinski definition) is 3. The minimum atomic E-state index is -1.05. The van der Waals surface area contributed by atoms with Crippen LogP contribution in [0, 0.1) is 17.6 Å². The summed E-state index contributed by atoms with van der Waals surface area (Å²) in [6.45, 7) is -0.309. The van der Waals surface area contributed by atoms with Gasteiger partial charge < -0.3 is 10.4 Å². The summed E-state index contributed by atoms with van der Waals surface area (Å²) in [5, 5.41) is 15.1. The summed E-state index contributed by atoms with van der Waals surface area (Å²) in [6.07, 6.45) is 1.86. The topological polar surface area (TPSA) is 84.2 Å². The van der Waals surface area contributed by atoms with Gasteiger partial charge in [0.25, 0.3) is 0 Å². The lowest BCUT2D eigenvalue weighted by Gasteiger charge is -2.04. The van der Waals surface area contributed by atoms with Crippen LogP contribution in [0.1, 0.15) is 17.9 Å². The molecular formula is C15H13F2N3O3. The van der Waals surface area contributed by atoms with Gasteiger partial charge in [0.15, 0.2) is 17.5 Å². The van der Waals surface area contributed by atoms with Crippen LogP contribution in [0.2, 0.25) is 0 Å². The monoisotopic (exact) mass is 321 g/mol. The van der Waals surface area contributed by atoms with Crippen molar-refractivity contribution in [3.8, 4) is 0 Å². The fourth-order valence-corrected chi connectivity index (χ4v) is 2.51. The average molecular weight is 321 g/mol. The molecule has 1 amide bonds. The standard InChI is InChI=1S/C15H13F2N3O3/c16-11-3-1-2-8(14(11)17)9-6-10(9)15(23)18-12-4-5-20(19-12)7-13(21)22/h1-5,9-10H,6-7H2,(H,21,22)(H,18,19,23). The zero-order valence-electron chi connectivity index (χ0n) is 11.9. The van der Waals surface area contributed by atoms with Gasteiger partial charge in [-0.05, 0) is 24.0 Å². The Morgan fingerprint density at radius 2 is 2.13 bits per heavy atom. The second-order valence-electron chi connectivity index (χ2n) is 5.37. The third-order valence-electron chi connectivity index (χ3n) is 3.70. The Morgan fingerprint density at radius 3 is 2.87 bits per heavy atom. The average Bonchev–Trinajstić information content (AvgIpc) is 3.17. The van der Waals surface area contributed by atoms with Gasteiger partial charge >= 0.3 is 5.97 Å². The third kappa shape index (κ3) is 3.20. The largest absolute Gasteiger partial charge is 0.480 e. The molecule has 0 spiro atoms. The Kier molecular flexibility index (Phi) is 3.81. The zero-order chi connectivity index (χ0) is 16.6. The number of nitrogens with one attached hydrogen (secondary N) is 1. The second kappa shape index (κ2) is 5.79. The lowest BCUT2D eigenvalue weighted by atomic mass is 10.1. The van der Waals surface area contributed by atoms with Crippen molar-refractivity contribution in [3.63, 3.8) is 0 Å². The number of carboxylic acid groups (broad SMARTS) is 1. The Bertz CT molecular complexity index is 775. The van der Waals surface area contributed by atoms with Crippen LogP contribution in [-0.4, -0.2) is 26.8 Å². The van der Waals surface area contributed by atoms with Gasteiger partial charge in [-0.1, -0.05) is 12.1 Å². The first-order chi connectivity index (χ1) is 11.0. The van der Waals surface area contributed by atoms with E-state index in [1.807, 2.05) is 0 Å². The molecule has 8 heteroatoms. The summed E-state index contributed by atoms with van der Waals surface area (Å²) in [4.78, 5) is 22.7. The number of carbonyl (C=O) groups is 2. The molecule has 6 nitrogen and oxygen atoms in total. The molecule has 2 aromatic rings. The highest BCUT2D eigenvalue weighted by Gasteiger charge is 2.45. The van der Waals surface area contributed by atoms with E-state index >= 15 is 0 Å². The van der Waals surface area contributed by atoms with Gasteiger partial charge in [-0.2, -0.15) is 5.10 Å². The number of amides is 1. The van der Waals surface area contributed by atoms with E-state index < -0.39 is 23.5 Å². The van der Waals surface area contributed by atoms with E-state index in [9.17, 15) is 18.4 Å². The van der Waals surface area contributed by atoms with Crippen molar-refractivity contribution in [1.82, 2.24) is 9.78 Å². The van der Waals surface area contributed by atoms with Gasteiger partial charge in [0.2, 0.25) is 5.91 Å². The highest BCUT2D eigenvalue weighted by molar-refractivity contribution is 5.94. The van der Waals surface area contributed by atoms with Crippen molar-refractivity contribution < 1.29 is 23.5 Å². The Morgan fingerprint density at radius 1 is 1.35 bits per heavy atom. The van der Waals surface area contributed by atoms with E-state index in [1.165, 1.54) is 29.1 Å². The maximum absolute atomic E-state index is 13.7. The summed E-state index contributed by atoms with van der Waals surface area (Å²) in [6, 6.07) is 5.39. The molecule has 3 rings (SSSR count). The molecule has 1 fully saturated rings. The molecule has 23 heavy (non-hydrogen) atoms. The van der Waals surface area contributed by atoms with Crippen molar-refractivity contribution in [1.29, 1.82) is 0 Å². The molecule has 0 saturated heterocycles. The first kappa shape index (κ1) is 15.1. The van der Waals surface area contributed by atoms with Crippen molar-refractivity contribution in [3.05, 3.63) is 47.7 Å². The number of halogens is 2. The summed E-state index contributed by atoms with van der Waals surface area (Å²) in [7, 11) is 0. The summed E-state index contributed by atoms with van der Waals surface area (Å²) < 4.78 is 28.1. The van der Waals surface area contributed by atoms with Crippen LogP contribution in [0.5, 0.6) is 0 Å². The van der Waals surface area contributed by atoms with Gasteiger partial charge in [-0.3, -0.25) is 14.3 Å². The number of benzene rings is 1. The summed E-state index contributed by atoms with van der Waals surface area (Å²) >= 11 is 0. The Hall–Kier alpha value is -2.77. The molecule has 2 atom stereocenters. The van der Waals surface area contributed by atoms with Crippen LogP contribution in [-0.2, 0) is 16.1 Å². The molecule has 1 aliphatic carbocycles. The molecule has 0 radical (unpaired) electrons. The predicted molar refractivity (Wildman–Crippen MR) is 75.7 cm³/mol. The normalized spacial score (nSPS) is 19.4. The van der Waals surface area contributed by atoms with Gasteiger partial charge in [0.1, 0.15) is 6.54 Å². The van der Waals surface area contributed by atoms with Crippen molar-refractivity contribution in [2.45, 2.75) is 18.9 Å². The van der Waals surface area contributed by atoms with Crippen LogP contribution in [0.15, 0.2) is 30.5 Å². The molecule has 1 aromatic heterocycles. The molecule has 2 unspecified atom stereocenters. The van der Waals surface area contributed by atoms with Crippen LogP contribution < -0.4 is 5.32 Å². The maximum atomic E-state index is 13.7. The molecule has 1 aromatic carbocycles. The minimum absolute atomic E-state index is 0.196. The van der Waals surface area contributed by atoms with Gasteiger partial charge in [0, 0.05) is 18.2 Å². The number of carboxylic acids is 1. The molecule has 1 aliphatic rings. The fraction of sp³-hybridized carbons (Fsp3) is 0.267. The minimum Gasteiger partial charge on any atom is -0.480 e. The van der Waals surface area contributed by atoms with Crippen LogP contribution >= 0.6 is 0 Å². The lowest BCUT2D eigenvalue weighted by molar-refractivity contribution is -0.137. The number of aliphatic carboxylic acids is 1. The SMILES string of the molecule is O=C(O)Cn1ccc(NC(=O)C2CC2c2cccc(F)c2F)n1. The predicted octanol–water partition coefficient (Wildman–Crippen LogP) is 1.99. The molecular weight excluding hydrogens is 308 g/mol. The first-order valence-corrected chi connectivity index (χ1v) is 6.95. The first-order valence-electron chi connectivity index (χ1n) is 6.95. The maximum Gasteiger partial charge on any atom is 0.325 e. The Labute approximate surface area is 129 Å². The van der Waals surface area contributed by atoms with E-state index in [1.54, 1.807) is 0 Å². The number of rotatable bonds is 5. The smallest absolute Gasteiger partial charge is 0.325 e. The summed E-state index contributed by atoms with van der Waals surface area (Å²) in [5.74, 6) is -3.82. The summed E-state index contributed by atoms with van der Waals surface area (Å²) in [5.41, 5.74) is 0.196. The zero-order valence-corrected chi connectivity index (χ0v) is 11.9. The van der Waals surface area contributed by atoms with E-state index in [2.05, 4.69) is 10.4 Å². The van der Waals surface area contributed by atoms with Gasteiger partial charge in [-0.15, -0.1) is 0 Å². The number of hydrogen-bond donors (Lipinski definition) is 2. The van der Waals surface area contributed by atoms with E-state index in [-0.39, 0.29) is 29.8 Å². The number of aromatic nitrogens is 2. The second-order valence-corrected chi connectivity index (χ2v) is 5.37. The van der Waals surface area contributed by atoms with Gasteiger partial charge in [-0.25, -0.2) is 8.78 Å². The van der Waals surface area contributed by atoms with Crippen LogP contribution in [0.25, 0.3) is 0 Å². The van der Waals surface area contributed by atoms with Crippen molar-refractivity contribution >= 4 is 17.7 Å². The molecule has 1 saturated carbocycles. The van der Waals surface area contributed by atoms with E-state index in [0.29, 0.717) is 6.42 Å². The van der Waals surface area contributed by atoms with Gasteiger partial charge in [0.05, 0.1) is 0 Å². The quantitative estimate of drug-likeness (QED) is 0.882. The van der Waals surface area contributed by atoms with E-state index in [4.69, 9.17) is 5.11 Å². The number of anilines is 1. The fourth-order valence-electron chi connectivity index (χ4n) is 2.51. The van der Waals surface area contributed by atoms with E-state index in [0.717, 1.165) is 6.07 Å². The third-order valence-corrected chi connectivity index (χ3v) is 3.70. The number of nitrogens with zero attached hydrogens (tertiary/aromatic N) is 2. The molecule has 1 heterocycles. The van der Waals surface area contributed by atoms with Crippen molar-refractivity contribution in [2.24, 2.45) is 5.92 Å². The van der Waals surface area contributed by atoms with Crippen LogP contribution in [0.3, 0.4) is 0 Å². The highest BCUT2D eigenvalue weighted by atomic mass is 19.2. The highest BCUT2D eigenvalue weighted by Crippen LogP contribution is 2.48. The Balaban J connectivity index is 1.63. The van der Waals surface area contributed by atoms with Crippen molar-refractivity contribution in [2.75, 3.05) is 5.32 Å². The number of carbonyl (C=O) groups excluding carboxylic acids is 1. The lowest BCUT2D eigenvalue weighted by Crippen LogP contribution is -2.16. The molecule has 0 bridgehead atoms. The molecule has 0 aliphatic heterocycles. The molecule has 120 valence electrons.